The lowest BCUT2D eigenvalue weighted by Gasteiger charge is -2.23. The first kappa shape index (κ1) is 17.9. The van der Waals surface area contributed by atoms with Gasteiger partial charge in [-0.2, -0.15) is 0 Å². The zero-order valence-electron chi connectivity index (χ0n) is 14.1. The zero-order valence-corrected chi connectivity index (χ0v) is 14.1. The van der Waals surface area contributed by atoms with Crippen molar-refractivity contribution in [3.63, 3.8) is 0 Å². The second-order valence-corrected chi connectivity index (χ2v) is 5.59. The van der Waals surface area contributed by atoms with E-state index >= 15 is 0 Å². The third-order valence-corrected chi connectivity index (χ3v) is 3.74. The number of pyridine rings is 1. The second-order valence-electron chi connectivity index (χ2n) is 5.59. The second kappa shape index (κ2) is 10.4. The van der Waals surface area contributed by atoms with Crippen LogP contribution < -0.4 is 5.32 Å². The number of methoxy groups -OCH3 is 1. The van der Waals surface area contributed by atoms with E-state index in [2.05, 4.69) is 22.4 Å². The molecule has 5 nitrogen and oxygen atoms in total. The highest BCUT2D eigenvalue weighted by Gasteiger charge is 2.13. The molecule has 0 radical (unpaired) electrons. The Labute approximate surface area is 143 Å². The molecule has 1 aromatic heterocycles. The first-order valence-electron chi connectivity index (χ1n) is 8.24. The van der Waals surface area contributed by atoms with E-state index in [1.165, 1.54) is 5.56 Å². The van der Waals surface area contributed by atoms with Crippen LogP contribution in [0.15, 0.2) is 54.9 Å². The van der Waals surface area contributed by atoms with E-state index in [-0.39, 0.29) is 6.03 Å². The zero-order chi connectivity index (χ0) is 17.0. The van der Waals surface area contributed by atoms with Crippen LogP contribution in [-0.4, -0.2) is 42.7 Å². The van der Waals surface area contributed by atoms with E-state index in [1.54, 1.807) is 24.4 Å². The molecule has 0 atom stereocenters. The Balaban J connectivity index is 1.78. The first-order chi connectivity index (χ1) is 11.8. The van der Waals surface area contributed by atoms with Crippen LogP contribution in [0.2, 0.25) is 0 Å². The van der Waals surface area contributed by atoms with Gasteiger partial charge in [0.25, 0.3) is 0 Å². The molecule has 0 aliphatic heterocycles. The number of nitrogens with one attached hydrogen (secondary N) is 1. The Hall–Kier alpha value is -2.40. The maximum Gasteiger partial charge on any atom is 0.317 e. The SMILES string of the molecule is COCCN(Cc1ccncc1)C(=O)NCCCc1ccccc1. The van der Waals surface area contributed by atoms with Gasteiger partial charge in [0.1, 0.15) is 0 Å². The lowest BCUT2D eigenvalue weighted by Crippen LogP contribution is -2.41. The van der Waals surface area contributed by atoms with Gasteiger partial charge in [-0.1, -0.05) is 30.3 Å². The summed E-state index contributed by atoms with van der Waals surface area (Å²) in [5, 5.41) is 3.00. The Kier molecular flexibility index (Phi) is 7.77. The molecule has 1 heterocycles. The minimum Gasteiger partial charge on any atom is -0.383 e. The molecule has 128 valence electrons. The summed E-state index contributed by atoms with van der Waals surface area (Å²) in [5.74, 6) is 0. The molecule has 0 spiro atoms. The molecule has 1 N–H and O–H groups in total. The fraction of sp³-hybridized carbons (Fsp3) is 0.368. The van der Waals surface area contributed by atoms with Crippen LogP contribution in [0.3, 0.4) is 0 Å². The molecule has 0 bridgehead atoms. The standard InChI is InChI=1S/C19H25N3O2/c1-24-15-14-22(16-18-9-12-20-13-10-18)19(23)21-11-5-8-17-6-3-2-4-7-17/h2-4,6-7,9-10,12-13H,5,8,11,14-16H2,1H3,(H,21,23). The molecule has 0 aliphatic rings. The topological polar surface area (TPSA) is 54.5 Å². The largest absolute Gasteiger partial charge is 0.383 e. The average Bonchev–Trinajstić information content (AvgIpc) is 2.64. The molecule has 0 saturated carbocycles. The number of carbonyl (C=O) groups excluding carboxylic acids is 1. The number of nitrogens with zero attached hydrogens (tertiary/aromatic N) is 2. The van der Waals surface area contributed by atoms with Crippen LogP contribution in [0.4, 0.5) is 4.79 Å². The Morgan fingerprint density at radius 3 is 2.58 bits per heavy atom. The summed E-state index contributed by atoms with van der Waals surface area (Å²) >= 11 is 0. The molecular weight excluding hydrogens is 302 g/mol. The monoisotopic (exact) mass is 327 g/mol. The van der Waals surface area contributed by atoms with Crippen LogP contribution in [0, 0.1) is 0 Å². The number of ether oxygens (including phenoxy) is 1. The Bertz CT molecular complexity index is 590. The number of hydrogen-bond donors (Lipinski definition) is 1. The van der Waals surface area contributed by atoms with Crippen molar-refractivity contribution in [3.05, 3.63) is 66.0 Å². The van der Waals surface area contributed by atoms with E-state index in [0.29, 0.717) is 26.2 Å². The molecule has 2 rings (SSSR count). The number of benzene rings is 1. The highest BCUT2D eigenvalue weighted by Crippen LogP contribution is 2.05. The van der Waals surface area contributed by atoms with Crippen LogP contribution in [-0.2, 0) is 17.7 Å². The van der Waals surface area contributed by atoms with Crippen LogP contribution >= 0.6 is 0 Å². The highest BCUT2D eigenvalue weighted by atomic mass is 16.5. The fourth-order valence-electron chi connectivity index (χ4n) is 2.41. The maximum atomic E-state index is 12.4. The summed E-state index contributed by atoms with van der Waals surface area (Å²) in [4.78, 5) is 18.2. The lowest BCUT2D eigenvalue weighted by molar-refractivity contribution is 0.146. The highest BCUT2D eigenvalue weighted by molar-refractivity contribution is 5.74. The molecule has 0 aliphatic carbocycles. The number of aromatic nitrogens is 1. The molecule has 0 saturated heterocycles. The van der Waals surface area contributed by atoms with Gasteiger partial charge in [-0.25, -0.2) is 4.79 Å². The average molecular weight is 327 g/mol. The Morgan fingerprint density at radius 2 is 1.88 bits per heavy atom. The number of carbonyl (C=O) groups is 1. The minimum absolute atomic E-state index is 0.0584. The van der Waals surface area contributed by atoms with Gasteiger partial charge in [-0.3, -0.25) is 4.98 Å². The predicted molar refractivity (Wildman–Crippen MR) is 94.7 cm³/mol. The maximum absolute atomic E-state index is 12.4. The molecule has 5 heteroatoms. The number of aryl methyl sites for hydroxylation is 1. The van der Waals surface area contributed by atoms with Gasteiger partial charge >= 0.3 is 6.03 Å². The van der Waals surface area contributed by atoms with Crippen molar-refractivity contribution in [2.45, 2.75) is 19.4 Å². The summed E-state index contributed by atoms with van der Waals surface area (Å²) in [6.45, 7) is 2.29. The molecule has 2 amide bonds. The van der Waals surface area contributed by atoms with Crippen LogP contribution in [0.5, 0.6) is 0 Å². The molecule has 0 fully saturated rings. The molecule has 0 unspecified atom stereocenters. The smallest absolute Gasteiger partial charge is 0.317 e. The lowest BCUT2D eigenvalue weighted by atomic mass is 10.1. The summed E-state index contributed by atoms with van der Waals surface area (Å²) < 4.78 is 5.11. The van der Waals surface area contributed by atoms with E-state index in [1.807, 2.05) is 30.3 Å². The fourth-order valence-corrected chi connectivity index (χ4v) is 2.41. The van der Waals surface area contributed by atoms with E-state index < -0.39 is 0 Å². The van der Waals surface area contributed by atoms with Gasteiger partial charge in [0.2, 0.25) is 0 Å². The van der Waals surface area contributed by atoms with E-state index in [0.717, 1.165) is 18.4 Å². The molecule has 1 aromatic carbocycles. The molecular formula is C19H25N3O2. The van der Waals surface area contributed by atoms with Gasteiger partial charge in [-0.05, 0) is 36.1 Å². The van der Waals surface area contributed by atoms with Gasteiger partial charge in [0.15, 0.2) is 0 Å². The van der Waals surface area contributed by atoms with Crippen molar-refractivity contribution in [2.75, 3.05) is 26.8 Å². The summed E-state index contributed by atoms with van der Waals surface area (Å²) in [7, 11) is 1.64. The van der Waals surface area contributed by atoms with Crippen molar-refractivity contribution in [3.8, 4) is 0 Å². The van der Waals surface area contributed by atoms with Crippen molar-refractivity contribution < 1.29 is 9.53 Å². The number of hydrogen-bond acceptors (Lipinski definition) is 3. The van der Waals surface area contributed by atoms with E-state index in [4.69, 9.17) is 4.74 Å². The number of urea groups is 1. The normalized spacial score (nSPS) is 10.4. The Morgan fingerprint density at radius 1 is 1.12 bits per heavy atom. The first-order valence-corrected chi connectivity index (χ1v) is 8.24. The third-order valence-electron chi connectivity index (χ3n) is 3.74. The van der Waals surface area contributed by atoms with Crippen molar-refractivity contribution in [1.82, 2.24) is 15.2 Å². The predicted octanol–water partition coefficient (Wildman–Crippen LogP) is 2.87. The van der Waals surface area contributed by atoms with Gasteiger partial charge in [0, 0.05) is 39.1 Å². The number of rotatable bonds is 9. The van der Waals surface area contributed by atoms with Crippen molar-refractivity contribution >= 4 is 6.03 Å². The minimum atomic E-state index is -0.0584. The summed E-state index contributed by atoms with van der Waals surface area (Å²) in [6, 6.07) is 14.1. The summed E-state index contributed by atoms with van der Waals surface area (Å²) in [6.07, 6.45) is 5.36. The van der Waals surface area contributed by atoms with E-state index in [9.17, 15) is 4.79 Å². The molecule has 2 aromatic rings. The summed E-state index contributed by atoms with van der Waals surface area (Å²) in [5.41, 5.74) is 2.35. The van der Waals surface area contributed by atoms with Gasteiger partial charge < -0.3 is 15.0 Å². The van der Waals surface area contributed by atoms with Gasteiger partial charge in [-0.15, -0.1) is 0 Å². The molecule has 24 heavy (non-hydrogen) atoms. The number of amides is 2. The van der Waals surface area contributed by atoms with Crippen molar-refractivity contribution in [2.24, 2.45) is 0 Å². The quantitative estimate of drug-likeness (QED) is 0.721. The van der Waals surface area contributed by atoms with Crippen LogP contribution in [0.25, 0.3) is 0 Å². The third kappa shape index (κ3) is 6.38. The van der Waals surface area contributed by atoms with Crippen molar-refractivity contribution in [1.29, 1.82) is 0 Å². The van der Waals surface area contributed by atoms with Gasteiger partial charge in [0.05, 0.1) is 6.61 Å². The van der Waals surface area contributed by atoms with Crippen LogP contribution in [0.1, 0.15) is 17.5 Å².